The number of nitriles is 1. The molecule has 0 fully saturated rings. The number of pyridine rings is 1. The highest BCUT2D eigenvalue weighted by Crippen LogP contribution is 2.33. The quantitative estimate of drug-likeness (QED) is 0.337. The number of rotatable bonds is 9. The van der Waals surface area contributed by atoms with E-state index in [0.29, 0.717) is 34.5 Å². The third-order valence-electron chi connectivity index (χ3n) is 5.19. The van der Waals surface area contributed by atoms with E-state index in [-0.39, 0.29) is 5.69 Å². The van der Waals surface area contributed by atoms with Gasteiger partial charge in [0.05, 0.1) is 30.1 Å². The van der Waals surface area contributed by atoms with Gasteiger partial charge in [-0.2, -0.15) is 5.26 Å². The number of aryl methyl sites for hydroxylation is 1. The number of thiazole rings is 1. The van der Waals surface area contributed by atoms with Crippen LogP contribution in [0, 0.1) is 18.3 Å². The molecule has 0 aliphatic rings. The third-order valence-corrected chi connectivity index (χ3v) is 6.74. The zero-order valence-electron chi connectivity index (χ0n) is 20.1. The highest BCUT2D eigenvalue weighted by atomic mass is 32.2. The van der Waals surface area contributed by atoms with Crippen molar-refractivity contribution < 1.29 is 17.9 Å². The number of anilines is 2. The highest BCUT2D eigenvalue weighted by Gasteiger charge is 2.22. The lowest BCUT2D eigenvalue weighted by Gasteiger charge is -2.22. The second-order valence-electron chi connectivity index (χ2n) is 8.10. The van der Waals surface area contributed by atoms with Crippen molar-refractivity contribution in [2.75, 3.05) is 11.2 Å². The van der Waals surface area contributed by atoms with Crippen LogP contribution in [-0.4, -0.2) is 30.5 Å². The summed E-state index contributed by atoms with van der Waals surface area (Å²) in [4.78, 5) is 23.7. The Balaban J connectivity index is 1.58. The minimum Gasteiger partial charge on any atom is -0.487 e. The Morgan fingerprint density at radius 3 is 2.46 bits per heavy atom. The lowest BCUT2D eigenvalue weighted by atomic mass is 10.1. The van der Waals surface area contributed by atoms with Gasteiger partial charge in [0.25, 0.3) is 5.91 Å². The van der Waals surface area contributed by atoms with Crippen molar-refractivity contribution in [2.45, 2.75) is 20.1 Å². The maximum absolute atomic E-state index is 12.5. The van der Waals surface area contributed by atoms with Gasteiger partial charge in [-0.3, -0.25) is 9.78 Å². The van der Waals surface area contributed by atoms with Crippen molar-refractivity contribution >= 4 is 38.1 Å². The van der Waals surface area contributed by atoms with Crippen LogP contribution >= 0.6 is 11.3 Å². The largest absolute Gasteiger partial charge is 0.487 e. The predicted octanol–water partition coefficient (Wildman–Crippen LogP) is 4.32. The fourth-order valence-electron chi connectivity index (χ4n) is 3.42. The molecule has 0 atom stereocenters. The summed E-state index contributed by atoms with van der Waals surface area (Å²) in [5, 5.41) is 9.68. The molecule has 0 radical (unpaired) electrons. The summed E-state index contributed by atoms with van der Waals surface area (Å²) in [6, 6.07) is 22.4. The number of nitrogens with one attached hydrogen (secondary N) is 1. The molecule has 0 aliphatic carbocycles. The predicted molar refractivity (Wildman–Crippen MR) is 141 cm³/mol. The summed E-state index contributed by atoms with van der Waals surface area (Å²) in [7, 11) is -3.73. The minimum absolute atomic E-state index is 0.0438. The van der Waals surface area contributed by atoms with Crippen LogP contribution in [0.5, 0.6) is 5.75 Å². The number of benzene rings is 2. The number of carbonyl (C=O) groups excluding carboxylic acids is 1. The van der Waals surface area contributed by atoms with Crippen LogP contribution in [0.15, 0.2) is 72.9 Å². The summed E-state index contributed by atoms with van der Waals surface area (Å²) in [6.07, 6.45) is 2.64. The fourth-order valence-corrected chi connectivity index (χ4v) is 4.78. The maximum Gasteiger partial charge on any atom is 0.284 e. The average Bonchev–Trinajstić information content (AvgIpc) is 3.28. The topological polar surface area (TPSA) is 125 Å². The number of ether oxygens (including phenoxy) is 1. The van der Waals surface area contributed by atoms with Crippen LogP contribution in [-0.2, 0) is 23.2 Å². The maximum atomic E-state index is 12.5. The first-order valence-corrected chi connectivity index (χ1v) is 13.8. The van der Waals surface area contributed by atoms with Gasteiger partial charge in [0, 0.05) is 16.8 Å². The molecule has 4 rings (SSSR count). The van der Waals surface area contributed by atoms with Gasteiger partial charge in [0.1, 0.15) is 18.1 Å². The molecule has 2 heterocycles. The highest BCUT2D eigenvalue weighted by molar-refractivity contribution is 7.89. The van der Waals surface area contributed by atoms with Crippen molar-refractivity contribution in [3.05, 3.63) is 100 Å². The second kappa shape index (κ2) is 11.2. The molecule has 37 heavy (non-hydrogen) atoms. The number of hydrogen-bond donors (Lipinski definition) is 1. The van der Waals surface area contributed by atoms with E-state index in [0.717, 1.165) is 23.2 Å². The van der Waals surface area contributed by atoms with Gasteiger partial charge >= 0.3 is 0 Å². The Morgan fingerprint density at radius 1 is 1.11 bits per heavy atom. The molecule has 1 N–H and O–H groups in total. The summed E-state index contributed by atoms with van der Waals surface area (Å²) >= 11 is 1.27. The van der Waals surface area contributed by atoms with Crippen molar-refractivity contribution in [1.82, 2.24) is 14.7 Å². The van der Waals surface area contributed by atoms with E-state index < -0.39 is 15.9 Å². The van der Waals surface area contributed by atoms with Crippen LogP contribution in [0.2, 0.25) is 0 Å². The Hall–Kier alpha value is -4.27. The lowest BCUT2D eigenvalue weighted by molar-refractivity contribution is 0.0977. The standard InChI is InChI=1S/C26H23N5O4S2/c1-18-24(25(32)30-37(2,33)34)29-26(36-18)31(22-10-6-19(15-27)7-11-22)16-20-8-12-23(13-9-20)35-17-21-5-3-4-14-28-21/h3-14H,16-17H2,1-2H3,(H,30,32). The summed E-state index contributed by atoms with van der Waals surface area (Å²) < 4.78 is 30.9. The van der Waals surface area contributed by atoms with Crippen molar-refractivity contribution in [1.29, 1.82) is 5.26 Å². The Bertz CT molecular complexity index is 1530. The van der Waals surface area contributed by atoms with Gasteiger partial charge in [-0.15, -0.1) is 11.3 Å². The van der Waals surface area contributed by atoms with Crippen LogP contribution < -0.4 is 14.4 Å². The van der Waals surface area contributed by atoms with Crippen LogP contribution in [0.1, 0.15) is 32.2 Å². The molecule has 0 saturated heterocycles. The van der Waals surface area contributed by atoms with Crippen molar-refractivity contribution in [2.24, 2.45) is 0 Å². The number of sulfonamides is 1. The number of aromatic nitrogens is 2. The number of nitrogens with zero attached hydrogens (tertiary/aromatic N) is 4. The van der Waals surface area contributed by atoms with Crippen molar-refractivity contribution in [3.63, 3.8) is 0 Å². The van der Waals surface area contributed by atoms with Gasteiger partial charge in [0.15, 0.2) is 5.13 Å². The first kappa shape index (κ1) is 25.8. The zero-order valence-corrected chi connectivity index (χ0v) is 21.7. The lowest BCUT2D eigenvalue weighted by Crippen LogP contribution is -2.30. The zero-order chi connectivity index (χ0) is 26.4. The van der Waals surface area contributed by atoms with Gasteiger partial charge in [-0.1, -0.05) is 18.2 Å². The van der Waals surface area contributed by atoms with Gasteiger partial charge < -0.3 is 9.64 Å². The van der Waals surface area contributed by atoms with E-state index in [9.17, 15) is 18.5 Å². The average molecular weight is 534 g/mol. The van der Waals surface area contributed by atoms with Crippen LogP contribution in [0.4, 0.5) is 10.8 Å². The second-order valence-corrected chi connectivity index (χ2v) is 11.0. The summed E-state index contributed by atoms with van der Waals surface area (Å²) in [5.74, 6) is -0.0826. The van der Waals surface area contributed by atoms with Crippen LogP contribution in [0.3, 0.4) is 0 Å². The fraction of sp³-hybridized carbons (Fsp3) is 0.154. The molecular weight excluding hydrogens is 510 g/mol. The van der Waals surface area contributed by atoms with E-state index in [1.165, 1.54) is 11.3 Å². The van der Waals surface area contributed by atoms with E-state index in [2.05, 4.69) is 16.0 Å². The Morgan fingerprint density at radius 2 is 1.84 bits per heavy atom. The van der Waals surface area contributed by atoms with E-state index >= 15 is 0 Å². The van der Waals surface area contributed by atoms with E-state index in [1.807, 2.05) is 52.1 Å². The SMILES string of the molecule is Cc1sc(N(Cc2ccc(OCc3ccccn3)cc2)c2ccc(C#N)cc2)nc1C(=O)NS(C)(=O)=O. The molecule has 0 spiro atoms. The van der Waals surface area contributed by atoms with Crippen LogP contribution in [0.25, 0.3) is 0 Å². The molecule has 188 valence electrons. The first-order valence-electron chi connectivity index (χ1n) is 11.1. The molecule has 1 amide bonds. The normalized spacial score (nSPS) is 10.9. The molecule has 0 unspecified atom stereocenters. The Kier molecular flexibility index (Phi) is 7.81. The van der Waals surface area contributed by atoms with Gasteiger partial charge in [0.2, 0.25) is 10.0 Å². The number of amides is 1. The molecule has 2 aromatic heterocycles. The summed E-state index contributed by atoms with van der Waals surface area (Å²) in [5.41, 5.74) is 3.10. The van der Waals surface area contributed by atoms with Gasteiger partial charge in [-0.05, 0) is 61.0 Å². The number of carbonyl (C=O) groups is 1. The van der Waals surface area contributed by atoms with Gasteiger partial charge in [-0.25, -0.2) is 18.1 Å². The first-order chi connectivity index (χ1) is 17.7. The van der Waals surface area contributed by atoms with E-state index in [1.54, 1.807) is 37.4 Å². The third kappa shape index (κ3) is 6.91. The van der Waals surface area contributed by atoms with Crippen molar-refractivity contribution in [3.8, 4) is 11.8 Å². The van der Waals surface area contributed by atoms with E-state index in [4.69, 9.17) is 4.74 Å². The minimum atomic E-state index is -3.73. The molecule has 9 nitrogen and oxygen atoms in total. The molecule has 0 saturated carbocycles. The Labute approximate surface area is 219 Å². The monoisotopic (exact) mass is 533 g/mol. The molecular formula is C26H23N5O4S2. The molecule has 0 aliphatic heterocycles. The number of hydrogen-bond acceptors (Lipinski definition) is 9. The molecule has 11 heteroatoms. The molecule has 2 aromatic carbocycles. The smallest absolute Gasteiger partial charge is 0.284 e. The summed E-state index contributed by atoms with van der Waals surface area (Å²) in [6.45, 7) is 2.48. The molecule has 4 aromatic rings. The molecule has 0 bridgehead atoms.